The average molecular weight is 317 g/mol. The lowest BCUT2D eigenvalue weighted by molar-refractivity contribution is -0.126. The van der Waals surface area contributed by atoms with Gasteiger partial charge in [-0.3, -0.25) is 4.79 Å². The largest absolute Gasteiger partial charge is 0.355 e. The molecule has 1 aliphatic rings. The van der Waals surface area contributed by atoms with Gasteiger partial charge in [0.05, 0.1) is 9.20 Å². The highest BCUT2D eigenvalue weighted by Gasteiger charge is 2.48. The van der Waals surface area contributed by atoms with E-state index in [1.165, 1.54) is 4.88 Å². The van der Waals surface area contributed by atoms with Crippen LogP contribution >= 0.6 is 27.3 Å². The van der Waals surface area contributed by atoms with Crippen molar-refractivity contribution in [2.24, 2.45) is 5.41 Å². The zero-order valence-corrected chi connectivity index (χ0v) is 12.3. The highest BCUT2D eigenvalue weighted by atomic mass is 79.9. The van der Waals surface area contributed by atoms with E-state index in [4.69, 9.17) is 0 Å². The number of amides is 1. The zero-order chi connectivity index (χ0) is 12.3. The molecule has 0 aromatic carbocycles. The van der Waals surface area contributed by atoms with Gasteiger partial charge >= 0.3 is 0 Å². The number of carbonyl (C=O) groups excluding carboxylic acids is 1. The van der Waals surface area contributed by atoms with E-state index in [2.05, 4.69) is 32.6 Å². The molecule has 0 saturated heterocycles. The molecule has 1 saturated carbocycles. The molecule has 0 radical (unpaired) electrons. The van der Waals surface area contributed by atoms with E-state index in [-0.39, 0.29) is 11.3 Å². The van der Waals surface area contributed by atoms with Crippen molar-refractivity contribution in [1.82, 2.24) is 10.6 Å². The van der Waals surface area contributed by atoms with Crippen molar-refractivity contribution in [1.29, 1.82) is 0 Å². The van der Waals surface area contributed by atoms with E-state index in [1.807, 2.05) is 13.1 Å². The summed E-state index contributed by atoms with van der Waals surface area (Å²) in [6, 6.07) is 4.15. The monoisotopic (exact) mass is 316 g/mol. The Bertz CT molecular complexity index is 401. The maximum absolute atomic E-state index is 12.0. The van der Waals surface area contributed by atoms with E-state index >= 15 is 0 Å². The fourth-order valence-corrected chi connectivity index (χ4v) is 3.43. The summed E-state index contributed by atoms with van der Waals surface area (Å²) >= 11 is 5.16. The van der Waals surface area contributed by atoms with Crippen LogP contribution in [-0.4, -0.2) is 26.0 Å². The molecule has 1 aliphatic carbocycles. The van der Waals surface area contributed by atoms with Gasteiger partial charge in [0.25, 0.3) is 0 Å². The molecular weight excluding hydrogens is 300 g/mol. The van der Waals surface area contributed by atoms with E-state index in [9.17, 15) is 4.79 Å². The van der Waals surface area contributed by atoms with E-state index in [0.717, 1.165) is 36.1 Å². The van der Waals surface area contributed by atoms with Gasteiger partial charge in [0.2, 0.25) is 5.91 Å². The van der Waals surface area contributed by atoms with Gasteiger partial charge in [0, 0.05) is 18.0 Å². The number of hydrogen-bond donors (Lipinski definition) is 2. The summed E-state index contributed by atoms with van der Waals surface area (Å²) in [4.78, 5) is 13.3. The minimum absolute atomic E-state index is 0.106. The molecule has 94 valence electrons. The molecular formula is C12H17BrN2OS. The van der Waals surface area contributed by atoms with Crippen LogP contribution in [0, 0.1) is 5.41 Å². The first-order valence-corrected chi connectivity index (χ1v) is 7.44. The molecule has 3 nitrogen and oxygen atoms in total. The second-order valence-electron chi connectivity index (χ2n) is 4.52. The maximum Gasteiger partial charge on any atom is 0.227 e. The van der Waals surface area contributed by atoms with Gasteiger partial charge in [0.1, 0.15) is 0 Å². The molecule has 0 spiro atoms. The predicted molar refractivity (Wildman–Crippen MR) is 74.3 cm³/mol. The van der Waals surface area contributed by atoms with E-state index < -0.39 is 0 Å². The van der Waals surface area contributed by atoms with Crippen LogP contribution in [0.3, 0.4) is 0 Å². The lowest BCUT2D eigenvalue weighted by atomic mass is 10.1. The van der Waals surface area contributed by atoms with Gasteiger partial charge in [-0.1, -0.05) is 0 Å². The topological polar surface area (TPSA) is 41.1 Å². The molecule has 0 bridgehead atoms. The Balaban J connectivity index is 1.73. The molecule has 1 aromatic heterocycles. The van der Waals surface area contributed by atoms with Crippen LogP contribution in [0.1, 0.15) is 17.7 Å². The molecule has 2 rings (SSSR count). The Labute approximate surface area is 114 Å². The molecule has 0 unspecified atom stereocenters. The Kier molecular flexibility index (Phi) is 4.22. The molecule has 1 aromatic rings. The second kappa shape index (κ2) is 5.50. The number of hydrogen-bond acceptors (Lipinski definition) is 3. The first-order chi connectivity index (χ1) is 8.16. The standard InChI is InChI=1S/C12H17BrN2OS/c1-14-8-12(5-6-12)11(16)15-7-4-9-2-3-10(13)17-9/h2-3,14H,4-8H2,1H3,(H,15,16). The highest BCUT2D eigenvalue weighted by molar-refractivity contribution is 9.11. The predicted octanol–water partition coefficient (Wildman–Crippen LogP) is 2.17. The zero-order valence-electron chi connectivity index (χ0n) is 9.88. The summed E-state index contributed by atoms with van der Waals surface area (Å²) in [7, 11) is 1.90. The Morgan fingerprint density at radius 2 is 2.29 bits per heavy atom. The third-order valence-corrected chi connectivity index (χ3v) is 4.82. The van der Waals surface area contributed by atoms with Crippen LogP contribution in [0.15, 0.2) is 15.9 Å². The van der Waals surface area contributed by atoms with Crippen LogP contribution < -0.4 is 10.6 Å². The maximum atomic E-state index is 12.0. The number of rotatable bonds is 6. The Hall–Kier alpha value is -0.390. The van der Waals surface area contributed by atoms with Gasteiger partial charge in [0.15, 0.2) is 0 Å². The van der Waals surface area contributed by atoms with E-state index in [1.54, 1.807) is 11.3 Å². The Morgan fingerprint density at radius 1 is 1.53 bits per heavy atom. The van der Waals surface area contributed by atoms with Gasteiger partial charge < -0.3 is 10.6 Å². The SMILES string of the molecule is CNCC1(C(=O)NCCc2ccc(Br)s2)CC1. The summed E-state index contributed by atoms with van der Waals surface area (Å²) in [6.07, 6.45) is 2.95. The van der Waals surface area contributed by atoms with Gasteiger partial charge in [-0.05, 0) is 54.4 Å². The van der Waals surface area contributed by atoms with Crippen LogP contribution in [0.5, 0.6) is 0 Å². The minimum atomic E-state index is -0.106. The van der Waals surface area contributed by atoms with Crippen molar-refractivity contribution >= 4 is 33.2 Å². The molecule has 2 N–H and O–H groups in total. The third-order valence-electron chi connectivity index (χ3n) is 3.14. The van der Waals surface area contributed by atoms with Gasteiger partial charge in [-0.15, -0.1) is 11.3 Å². The summed E-state index contributed by atoms with van der Waals surface area (Å²) < 4.78 is 1.15. The van der Waals surface area contributed by atoms with Crippen molar-refractivity contribution in [3.05, 3.63) is 20.8 Å². The number of thiophene rings is 1. The van der Waals surface area contributed by atoms with Gasteiger partial charge in [-0.25, -0.2) is 0 Å². The minimum Gasteiger partial charge on any atom is -0.355 e. The molecule has 1 fully saturated rings. The van der Waals surface area contributed by atoms with Crippen LogP contribution in [-0.2, 0) is 11.2 Å². The van der Waals surface area contributed by atoms with Crippen LogP contribution in [0.2, 0.25) is 0 Å². The van der Waals surface area contributed by atoms with Crippen molar-refractivity contribution in [2.75, 3.05) is 20.1 Å². The first kappa shape index (κ1) is 13.1. The summed E-state index contributed by atoms with van der Waals surface area (Å²) in [5.41, 5.74) is -0.106. The molecule has 1 heterocycles. The fraction of sp³-hybridized carbons (Fsp3) is 0.583. The normalized spacial score (nSPS) is 16.8. The number of halogens is 1. The van der Waals surface area contributed by atoms with Crippen LogP contribution in [0.25, 0.3) is 0 Å². The average Bonchev–Trinajstić information content (AvgIpc) is 2.97. The molecule has 5 heteroatoms. The molecule has 0 atom stereocenters. The van der Waals surface area contributed by atoms with E-state index in [0.29, 0.717) is 0 Å². The van der Waals surface area contributed by atoms with Crippen molar-refractivity contribution in [3.8, 4) is 0 Å². The number of carbonyl (C=O) groups is 1. The molecule has 1 amide bonds. The lowest BCUT2D eigenvalue weighted by Crippen LogP contribution is -2.38. The van der Waals surface area contributed by atoms with Gasteiger partial charge in [-0.2, -0.15) is 0 Å². The third kappa shape index (κ3) is 3.30. The fourth-order valence-electron chi connectivity index (χ4n) is 1.95. The van der Waals surface area contributed by atoms with Crippen molar-refractivity contribution in [3.63, 3.8) is 0 Å². The lowest BCUT2D eigenvalue weighted by Gasteiger charge is -2.14. The first-order valence-electron chi connectivity index (χ1n) is 5.83. The quantitative estimate of drug-likeness (QED) is 0.844. The summed E-state index contributed by atoms with van der Waals surface area (Å²) in [6.45, 7) is 1.53. The van der Waals surface area contributed by atoms with Crippen LogP contribution in [0.4, 0.5) is 0 Å². The Morgan fingerprint density at radius 3 is 2.82 bits per heavy atom. The van der Waals surface area contributed by atoms with Crippen molar-refractivity contribution in [2.45, 2.75) is 19.3 Å². The number of nitrogens with one attached hydrogen (secondary N) is 2. The second-order valence-corrected chi connectivity index (χ2v) is 7.07. The summed E-state index contributed by atoms with van der Waals surface area (Å²) in [5.74, 6) is 0.211. The molecule has 17 heavy (non-hydrogen) atoms. The van der Waals surface area contributed by atoms with Crippen molar-refractivity contribution < 1.29 is 4.79 Å². The summed E-state index contributed by atoms with van der Waals surface area (Å²) in [5, 5.41) is 6.14. The highest BCUT2D eigenvalue weighted by Crippen LogP contribution is 2.45. The molecule has 0 aliphatic heterocycles. The smallest absolute Gasteiger partial charge is 0.227 e.